The van der Waals surface area contributed by atoms with Crippen LogP contribution in [0.25, 0.3) is 0 Å². The molecule has 0 bridgehead atoms. The van der Waals surface area contributed by atoms with Gasteiger partial charge in [0.05, 0.1) is 6.61 Å². The number of benzene rings is 1. The molecule has 1 aliphatic heterocycles. The highest BCUT2D eigenvalue weighted by atomic mass is 79.9. The predicted molar refractivity (Wildman–Crippen MR) is 74.2 cm³/mol. The van der Waals surface area contributed by atoms with Crippen LogP contribution in [0.1, 0.15) is 23.6 Å². The monoisotopic (exact) mass is 325 g/mol. The van der Waals surface area contributed by atoms with Crippen molar-refractivity contribution in [1.29, 1.82) is 0 Å². The molecule has 1 saturated heterocycles. The Morgan fingerprint density at radius 3 is 3.11 bits per heavy atom. The summed E-state index contributed by atoms with van der Waals surface area (Å²) in [6, 6.07) is 6.73. The van der Waals surface area contributed by atoms with Gasteiger partial charge in [0, 0.05) is 23.6 Å². The number of hydrogen-bond acceptors (Lipinski definition) is 3. The maximum Gasteiger partial charge on any atom is 0.334 e. The Balaban J connectivity index is 1.79. The Labute approximate surface area is 120 Å². The molecule has 0 radical (unpaired) electrons. The van der Waals surface area contributed by atoms with E-state index in [9.17, 15) is 4.79 Å². The minimum atomic E-state index is -0.862. The van der Waals surface area contributed by atoms with Gasteiger partial charge in [-0.05, 0) is 36.1 Å². The van der Waals surface area contributed by atoms with Gasteiger partial charge < -0.3 is 9.84 Å². The molecule has 1 aliphatic carbocycles. The standard InChI is InChI=1S/C14H16BrNO3/c15-10-2-3-11-9(7-10)1-4-12(11)16-5-6-19-13(8-16)14(17)18/h2-3,7,12-13H,1,4-6,8H2,(H,17,18). The minimum absolute atomic E-state index is 0.342. The van der Waals surface area contributed by atoms with Crippen molar-refractivity contribution in [3.05, 3.63) is 33.8 Å². The Kier molecular flexibility index (Phi) is 3.60. The Bertz CT molecular complexity index is 505. The van der Waals surface area contributed by atoms with Crippen molar-refractivity contribution in [2.75, 3.05) is 19.7 Å². The average molecular weight is 326 g/mol. The number of aryl methyl sites for hydroxylation is 1. The third-order valence-corrected chi connectivity index (χ3v) is 4.46. The summed E-state index contributed by atoms with van der Waals surface area (Å²) in [5, 5.41) is 9.07. The van der Waals surface area contributed by atoms with Crippen LogP contribution in [0.4, 0.5) is 0 Å². The predicted octanol–water partition coefficient (Wildman–Crippen LogP) is 2.22. The normalized spacial score (nSPS) is 27.2. The van der Waals surface area contributed by atoms with Crippen molar-refractivity contribution in [2.45, 2.75) is 25.0 Å². The molecule has 1 N–H and O–H groups in total. The molecule has 2 atom stereocenters. The fourth-order valence-corrected chi connectivity index (χ4v) is 3.45. The molecular formula is C14H16BrNO3. The van der Waals surface area contributed by atoms with Gasteiger partial charge in [-0.3, -0.25) is 4.90 Å². The SMILES string of the molecule is O=C(O)C1CN(C2CCc3cc(Br)ccc32)CCO1. The summed E-state index contributed by atoms with van der Waals surface area (Å²) in [5.74, 6) is -0.862. The lowest BCUT2D eigenvalue weighted by molar-refractivity contribution is -0.157. The molecule has 19 heavy (non-hydrogen) atoms. The summed E-state index contributed by atoms with van der Waals surface area (Å²) in [6.07, 6.45) is 1.44. The van der Waals surface area contributed by atoms with E-state index >= 15 is 0 Å². The maximum atomic E-state index is 11.0. The van der Waals surface area contributed by atoms with E-state index in [1.807, 2.05) is 0 Å². The Morgan fingerprint density at radius 1 is 1.47 bits per heavy atom. The molecule has 2 unspecified atom stereocenters. The van der Waals surface area contributed by atoms with Gasteiger partial charge >= 0.3 is 5.97 Å². The Hall–Kier alpha value is -0.910. The molecule has 0 spiro atoms. The van der Waals surface area contributed by atoms with Crippen LogP contribution in [0.3, 0.4) is 0 Å². The van der Waals surface area contributed by atoms with Gasteiger partial charge in [-0.2, -0.15) is 0 Å². The van der Waals surface area contributed by atoms with Crippen LogP contribution >= 0.6 is 15.9 Å². The van der Waals surface area contributed by atoms with E-state index in [1.165, 1.54) is 11.1 Å². The van der Waals surface area contributed by atoms with Crippen LogP contribution in [-0.2, 0) is 16.0 Å². The van der Waals surface area contributed by atoms with Crippen LogP contribution in [0.2, 0.25) is 0 Å². The first kappa shape index (κ1) is 13.1. The first-order valence-electron chi connectivity index (χ1n) is 6.52. The van der Waals surface area contributed by atoms with Gasteiger partial charge in [0.2, 0.25) is 0 Å². The van der Waals surface area contributed by atoms with Crippen LogP contribution < -0.4 is 0 Å². The summed E-state index contributed by atoms with van der Waals surface area (Å²) in [6.45, 7) is 1.79. The summed E-state index contributed by atoms with van der Waals surface area (Å²) in [5.41, 5.74) is 2.71. The molecule has 1 fully saturated rings. The quantitative estimate of drug-likeness (QED) is 0.905. The first-order valence-corrected chi connectivity index (χ1v) is 7.31. The molecule has 1 aromatic rings. The number of fused-ring (bicyclic) bond motifs is 1. The number of nitrogens with zero attached hydrogens (tertiary/aromatic N) is 1. The molecule has 0 aromatic heterocycles. The van der Waals surface area contributed by atoms with Crippen molar-refractivity contribution in [2.24, 2.45) is 0 Å². The highest BCUT2D eigenvalue weighted by molar-refractivity contribution is 9.10. The second-order valence-corrected chi connectivity index (χ2v) is 6.01. The highest BCUT2D eigenvalue weighted by Crippen LogP contribution is 2.37. The number of aliphatic carboxylic acids is 1. The molecule has 5 heteroatoms. The van der Waals surface area contributed by atoms with Crippen molar-refractivity contribution in [3.63, 3.8) is 0 Å². The molecule has 1 heterocycles. The lowest BCUT2D eigenvalue weighted by atomic mass is 10.1. The summed E-state index contributed by atoms with van der Waals surface area (Å²) in [7, 11) is 0. The van der Waals surface area contributed by atoms with Crippen LogP contribution in [-0.4, -0.2) is 41.8 Å². The van der Waals surface area contributed by atoms with Gasteiger partial charge in [-0.1, -0.05) is 22.0 Å². The number of ether oxygens (including phenoxy) is 1. The lowest BCUT2D eigenvalue weighted by Gasteiger charge is -2.35. The fourth-order valence-electron chi connectivity index (χ4n) is 3.04. The molecule has 0 amide bonds. The third kappa shape index (κ3) is 2.55. The summed E-state index contributed by atoms with van der Waals surface area (Å²) < 4.78 is 6.40. The van der Waals surface area contributed by atoms with E-state index in [0.29, 0.717) is 19.2 Å². The number of carboxylic acid groups (broad SMARTS) is 1. The summed E-state index contributed by atoms with van der Waals surface area (Å²) in [4.78, 5) is 13.3. The molecule has 4 nitrogen and oxygen atoms in total. The number of carbonyl (C=O) groups is 1. The molecule has 1 aromatic carbocycles. The molecule has 102 valence electrons. The minimum Gasteiger partial charge on any atom is -0.479 e. The second-order valence-electron chi connectivity index (χ2n) is 5.09. The topological polar surface area (TPSA) is 49.8 Å². The zero-order chi connectivity index (χ0) is 13.4. The van der Waals surface area contributed by atoms with E-state index in [1.54, 1.807) is 0 Å². The largest absolute Gasteiger partial charge is 0.479 e. The number of morpholine rings is 1. The number of halogens is 1. The first-order chi connectivity index (χ1) is 9.15. The van der Waals surface area contributed by atoms with Gasteiger partial charge in [-0.25, -0.2) is 4.79 Å². The zero-order valence-electron chi connectivity index (χ0n) is 10.5. The summed E-state index contributed by atoms with van der Waals surface area (Å²) >= 11 is 3.50. The van der Waals surface area contributed by atoms with E-state index in [2.05, 4.69) is 39.0 Å². The number of carboxylic acids is 1. The van der Waals surface area contributed by atoms with E-state index in [-0.39, 0.29) is 0 Å². The van der Waals surface area contributed by atoms with Crippen molar-refractivity contribution in [3.8, 4) is 0 Å². The molecule has 0 saturated carbocycles. The van der Waals surface area contributed by atoms with Crippen LogP contribution in [0.15, 0.2) is 22.7 Å². The zero-order valence-corrected chi connectivity index (χ0v) is 12.1. The van der Waals surface area contributed by atoms with Crippen LogP contribution in [0, 0.1) is 0 Å². The second kappa shape index (κ2) is 5.23. The van der Waals surface area contributed by atoms with Crippen molar-refractivity contribution >= 4 is 21.9 Å². The van der Waals surface area contributed by atoms with Gasteiger partial charge in [-0.15, -0.1) is 0 Å². The highest BCUT2D eigenvalue weighted by Gasteiger charge is 2.34. The van der Waals surface area contributed by atoms with E-state index in [0.717, 1.165) is 23.9 Å². The Morgan fingerprint density at radius 2 is 2.32 bits per heavy atom. The molecule has 2 aliphatic rings. The van der Waals surface area contributed by atoms with E-state index in [4.69, 9.17) is 9.84 Å². The average Bonchev–Trinajstić information content (AvgIpc) is 2.81. The van der Waals surface area contributed by atoms with Gasteiger partial charge in [0.1, 0.15) is 0 Å². The van der Waals surface area contributed by atoms with Gasteiger partial charge in [0.15, 0.2) is 6.10 Å². The maximum absolute atomic E-state index is 11.0. The van der Waals surface area contributed by atoms with Crippen molar-refractivity contribution < 1.29 is 14.6 Å². The van der Waals surface area contributed by atoms with Crippen molar-refractivity contribution in [1.82, 2.24) is 4.90 Å². The smallest absolute Gasteiger partial charge is 0.334 e. The molecular weight excluding hydrogens is 310 g/mol. The number of hydrogen-bond donors (Lipinski definition) is 1. The van der Waals surface area contributed by atoms with Gasteiger partial charge in [0.25, 0.3) is 0 Å². The number of rotatable bonds is 2. The van der Waals surface area contributed by atoms with Crippen LogP contribution in [0.5, 0.6) is 0 Å². The lowest BCUT2D eigenvalue weighted by Crippen LogP contribution is -2.47. The molecule has 3 rings (SSSR count). The fraction of sp³-hybridized carbons (Fsp3) is 0.500. The third-order valence-electron chi connectivity index (χ3n) is 3.97. The van der Waals surface area contributed by atoms with E-state index < -0.39 is 12.1 Å².